The lowest BCUT2D eigenvalue weighted by molar-refractivity contribution is 0.0942. The maximum absolute atomic E-state index is 13.1. The number of fused-ring (bicyclic) bond motifs is 1. The van der Waals surface area contributed by atoms with Crippen molar-refractivity contribution in [2.45, 2.75) is 38.1 Å². The van der Waals surface area contributed by atoms with E-state index in [0.29, 0.717) is 24.5 Å². The molecular weight excluding hydrogens is 458 g/mol. The lowest BCUT2D eigenvalue weighted by Crippen LogP contribution is -2.34. The van der Waals surface area contributed by atoms with Crippen LogP contribution < -0.4 is 15.5 Å². The van der Waals surface area contributed by atoms with Gasteiger partial charge in [-0.25, -0.2) is 4.98 Å². The van der Waals surface area contributed by atoms with E-state index in [4.69, 9.17) is 9.97 Å². The van der Waals surface area contributed by atoms with Crippen LogP contribution in [0.3, 0.4) is 0 Å². The van der Waals surface area contributed by atoms with Gasteiger partial charge in [0.25, 0.3) is 5.91 Å². The molecule has 1 amide bonds. The van der Waals surface area contributed by atoms with Crippen molar-refractivity contribution in [3.05, 3.63) is 95.6 Å². The van der Waals surface area contributed by atoms with E-state index in [2.05, 4.69) is 34.9 Å². The molecule has 0 unspecified atom stereocenters. The van der Waals surface area contributed by atoms with Crippen LogP contribution in [0.1, 0.15) is 47.2 Å². The Bertz CT molecular complexity index is 1350. The number of anilines is 2. The number of rotatable bonds is 8. The number of carbonyl (C=O) groups is 1. The van der Waals surface area contributed by atoms with Crippen molar-refractivity contribution >= 4 is 28.6 Å². The van der Waals surface area contributed by atoms with Gasteiger partial charge in [-0.2, -0.15) is 4.98 Å². The number of carbonyl (C=O) groups excluding carboxylic acids is 1. The zero-order valence-corrected chi connectivity index (χ0v) is 21.7. The zero-order chi connectivity index (χ0) is 25.6. The van der Waals surface area contributed by atoms with Gasteiger partial charge in [-0.1, -0.05) is 60.7 Å². The largest absolute Gasteiger partial charge is 0.362 e. The SMILES string of the molecule is CN(C)c1nc(N[C@H]2CC[C@@H](CNC(=O)c3ccccc3Cc3ccccc3)CC2)nc2ccccc12. The van der Waals surface area contributed by atoms with E-state index in [-0.39, 0.29) is 5.91 Å². The number of nitrogens with one attached hydrogen (secondary N) is 2. The molecular formula is C31H35N5O. The fourth-order valence-electron chi connectivity index (χ4n) is 5.20. The molecule has 0 atom stereocenters. The van der Waals surface area contributed by atoms with E-state index in [1.807, 2.05) is 73.6 Å². The molecule has 1 saturated carbocycles. The zero-order valence-electron chi connectivity index (χ0n) is 21.7. The third-order valence-electron chi connectivity index (χ3n) is 7.24. The van der Waals surface area contributed by atoms with Crippen LogP contribution in [0.2, 0.25) is 0 Å². The second kappa shape index (κ2) is 11.4. The molecule has 4 aromatic rings. The van der Waals surface area contributed by atoms with Crippen LogP contribution in [0.5, 0.6) is 0 Å². The van der Waals surface area contributed by atoms with Gasteiger partial charge in [0.2, 0.25) is 5.95 Å². The molecule has 1 aromatic heterocycles. The van der Waals surface area contributed by atoms with Crippen LogP contribution in [0.15, 0.2) is 78.9 Å². The first-order valence-corrected chi connectivity index (χ1v) is 13.2. The lowest BCUT2D eigenvalue weighted by Gasteiger charge is -2.29. The summed E-state index contributed by atoms with van der Waals surface area (Å²) in [4.78, 5) is 24.6. The van der Waals surface area contributed by atoms with Crippen molar-refractivity contribution in [2.75, 3.05) is 30.9 Å². The van der Waals surface area contributed by atoms with Gasteiger partial charge in [0.05, 0.1) is 5.52 Å². The monoisotopic (exact) mass is 493 g/mol. The number of para-hydroxylation sites is 1. The molecule has 37 heavy (non-hydrogen) atoms. The Hall–Kier alpha value is -3.93. The summed E-state index contributed by atoms with van der Waals surface area (Å²) in [5, 5.41) is 7.84. The number of amides is 1. The van der Waals surface area contributed by atoms with Crippen LogP contribution in [0.25, 0.3) is 10.9 Å². The maximum atomic E-state index is 13.1. The van der Waals surface area contributed by atoms with Crippen molar-refractivity contribution in [3.8, 4) is 0 Å². The van der Waals surface area contributed by atoms with Crippen LogP contribution >= 0.6 is 0 Å². The topological polar surface area (TPSA) is 70.2 Å². The van der Waals surface area contributed by atoms with Gasteiger partial charge >= 0.3 is 0 Å². The van der Waals surface area contributed by atoms with Gasteiger partial charge in [-0.05, 0) is 67.3 Å². The van der Waals surface area contributed by atoms with Gasteiger partial charge in [-0.3, -0.25) is 4.79 Å². The van der Waals surface area contributed by atoms with Crippen molar-refractivity contribution in [2.24, 2.45) is 5.92 Å². The molecule has 6 nitrogen and oxygen atoms in total. The van der Waals surface area contributed by atoms with Crippen molar-refractivity contribution in [3.63, 3.8) is 0 Å². The first-order chi connectivity index (χ1) is 18.1. The quantitative estimate of drug-likeness (QED) is 0.330. The Labute approximate surface area is 219 Å². The highest BCUT2D eigenvalue weighted by molar-refractivity contribution is 5.95. The molecule has 1 aliphatic rings. The summed E-state index contributed by atoms with van der Waals surface area (Å²) in [5.41, 5.74) is 3.99. The normalized spacial score (nSPS) is 17.4. The second-order valence-electron chi connectivity index (χ2n) is 10.2. The summed E-state index contributed by atoms with van der Waals surface area (Å²) in [6.07, 6.45) is 4.97. The Morgan fingerprint density at radius 2 is 1.57 bits per heavy atom. The lowest BCUT2D eigenvalue weighted by atomic mass is 9.86. The highest BCUT2D eigenvalue weighted by Crippen LogP contribution is 2.28. The van der Waals surface area contributed by atoms with Crippen LogP contribution in [0, 0.1) is 5.92 Å². The van der Waals surface area contributed by atoms with Crippen LogP contribution in [-0.4, -0.2) is 42.6 Å². The molecule has 0 bridgehead atoms. The highest BCUT2D eigenvalue weighted by Gasteiger charge is 2.23. The van der Waals surface area contributed by atoms with Crippen molar-refractivity contribution in [1.82, 2.24) is 15.3 Å². The van der Waals surface area contributed by atoms with E-state index in [1.165, 1.54) is 5.56 Å². The average molecular weight is 494 g/mol. The third-order valence-corrected chi connectivity index (χ3v) is 7.24. The third kappa shape index (κ3) is 6.08. The minimum absolute atomic E-state index is 0.0209. The molecule has 1 fully saturated rings. The molecule has 1 aliphatic carbocycles. The summed E-state index contributed by atoms with van der Waals surface area (Å²) in [6, 6.07) is 26.7. The number of hydrogen-bond donors (Lipinski definition) is 2. The Balaban J connectivity index is 1.15. The molecule has 3 aromatic carbocycles. The number of hydrogen-bond acceptors (Lipinski definition) is 5. The minimum atomic E-state index is 0.0209. The van der Waals surface area contributed by atoms with Crippen LogP contribution in [-0.2, 0) is 6.42 Å². The molecule has 1 heterocycles. The summed E-state index contributed by atoms with van der Waals surface area (Å²) in [5.74, 6) is 2.12. The minimum Gasteiger partial charge on any atom is -0.362 e. The van der Waals surface area contributed by atoms with E-state index in [1.54, 1.807) is 0 Å². The summed E-state index contributed by atoms with van der Waals surface area (Å²) in [6.45, 7) is 0.711. The molecule has 0 radical (unpaired) electrons. The van der Waals surface area contributed by atoms with Gasteiger partial charge < -0.3 is 15.5 Å². The van der Waals surface area contributed by atoms with Gasteiger partial charge in [0.1, 0.15) is 5.82 Å². The van der Waals surface area contributed by atoms with E-state index in [9.17, 15) is 4.79 Å². The fraction of sp³-hybridized carbons (Fsp3) is 0.323. The average Bonchev–Trinajstić information content (AvgIpc) is 2.93. The van der Waals surface area contributed by atoms with E-state index < -0.39 is 0 Å². The number of benzene rings is 3. The molecule has 6 heteroatoms. The van der Waals surface area contributed by atoms with Gasteiger partial charge in [-0.15, -0.1) is 0 Å². The number of aromatic nitrogens is 2. The Morgan fingerprint density at radius 3 is 2.35 bits per heavy atom. The molecule has 0 saturated heterocycles. The van der Waals surface area contributed by atoms with Crippen LogP contribution in [0.4, 0.5) is 11.8 Å². The first kappa shape index (κ1) is 24.8. The predicted octanol–water partition coefficient (Wildman–Crippen LogP) is 5.69. The molecule has 5 rings (SSSR count). The molecule has 190 valence electrons. The second-order valence-corrected chi connectivity index (χ2v) is 10.2. The Kier molecular flexibility index (Phi) is 7.64. The molecule has 2 N–H and O–H groups in total. The standard InChI is InChI=1S/C31H35N5O/c1-36(2)29-27-14-8-9-15-28(27)34-31(35-29)33-25-18-16-23(17-19-25)21-32-30(37)26-13-7-6-12-24(26)20-22-10-4-3-5-11-22/h3-15,23,25H,16-21H2,1-2H3,(H,32,37)(H,33,34,35)/t23-,25+. The Morgan fingerprint density at radius 1 is 0.865 bits per heavy atom. The van der Waals surface area contributed by atoms with E-state index >= 15 is 0 Å². The van der Waals surface area contributed by atoms with Crippen molar-refractivity contribution in [1.29, 1.82) is 0 Å². The van der Waals surface area contributed by atoms with Gasteiger partial charge in [0, 0.05) is 37.6 Å². The van der Waals surface area contributed by atoms with Crippen molar-refractivity contribution < 1.29 is 4.79 Å². The maximum Gasteiger partial charge on any atom is 0.251 e. The fourth-order valence-corrected chi connectivity index (χ4v) is 5.20. The predicted molar refractivity (Wildman–Crippen MR) is 151 cm³/mol. The smallest absolute Gasteiger partial charge is 0.251 e. The molecule has 0 aliphatic heterocycles. The number of nitrogens with zero attached hydrogens (tertiary/aromatic N) is 3. The van der Waals surface area contributed by atoms with Gasteiger partial charge in [0.15, 0.2) is 0 Å². The summed E-state index contributed by atoms with van der Waals surface area (Å²) < 4.78 is 0. The first-order valence-electron chi connectivity index (χ1n) is 13.2. The summed E-state index contributed by atoms with van der Waals surface area (Å²) >= 11 is 0. The highest BCUT2D eigenvalue weighted by atomic mass is 16.1. The molecule has 0 spiro atoms. The summed E-state index contributed by atoms with van der Waals surface area (Å²) in [7, 11) is 4.02. The van der Waals surface area contributed by atoms with E-state index in [0.717, 1.165) is 60.0 Å².